The molecule has 2 aromatic rings. The molecule has 0 aliphatic carbocycles. The van der Waals surface area contributed by atoms with Crippen molar-refractivity contribution < 1.29 is 0 Å². The molecule has 1 aromatic heterocycles. The van der Waals surface area contributed by atoms with Gasteiger partial charge in [-0.05, 0) is 23.8 Å². The van der Waals surface area contributed by atoms with Crippen molar-refractivity contribution in [3.05, 3.63) is 49.4 Å². The van der Waals surface area contributed by atoms with Crippen molar-refractivity contribution in [2.45, 2.75) is 0 Å². The Morgan fingerprint density at radius 1 is 0.941 bits per heavy atom. The summed E-state index contributed by atoms with van der Waals surface area (Å²) in [5.74, 6) is 0. The van der Waals surface area contributed by atoms with E-state index in [9.17, 15) is 0 Å². The lowest BCUT2D eigenvalue weighted by Gasteiger charge is -2.10. The number of fused-ring (bicyclic) bond motifs is 1. The molecular formula is C14H14N3. The van der Waals surface area contributed by atoms with Gasteiger partial charge in [-0.3, -0.25) is 4.98 Å². The van der Waals surface area contributed by atoms with Gasteiger partial charge in [0.05, 0.1) is 11.4 Å². The molecule has 0 amide bonds. The Morgan fingerprint density at radius 3 is 2.53 bits per heavy atom. The maximum atomic E-state index is 4.16. The van der Waals surface area contributed by atoms with Crippen LogP contribution in [0, 0.1) is 6.67 Å². The summed E-state index contributed by atoms with van der Waals surface area (Å²) in [6, 6.07) is 10.5. The summed E-state index contributed by atoms with van der Waals surface area (Å²) in [7, 11) is 4.13. The van der Waals surface area contributed by atoms with E-state index in [1.54, 1.807) is 6.20 Å². The third-order valence-electron chi connectivity index (χ3n) is 3.08. The fourth-order valence-corrected chi connectivity index (χ4v) is 2.20. The third-order valence-corrected chi connectivity index (χ3v) is 3.08. The highest BCUT2D eigenvalue weighted by Gasteiger charge is 2.21. The highest BCUT2D eigenvalue weighted by Crippen LogP contribution is 2.38. The number of aromatic nitrogens is 1. The Bertz CT molecular complexity index is 536. The topological polar surface area (TPSA) is 19.4 Å². The summed E-state index contributed by atoms with van der Waals surface area (Å²) >= 11 is 0. The Balaban J connectivity index is 2.08. The van der Waals surface area contributed by atoms with Crippen LogP contribution in [-0.4, -0.2) is 19.1 Å². The Kier molecular flexibility index (Phi) is 2.25. The number of anilines is 2. The number of rotatable bonds is 1. The minimum atomic E-state index is 1.15. The summed E-state index contributed by atoms with van der Waals surface area (Å²) in [4.78, 5) is 8.42. The van der Waals surface area contributed by atoms with Crippen LogP contribution in [0.25, 0.3) is 11.1 Å². The fraction of sp³-hybridized carbons (Fsp3) is 0.143. The van der Waals surface area contributed by atoms with Crippen LogP contribution in [-0.2, 0) is 0 Å². The van der Waals surface area contributed by atoms with Gasteiger partial charge in [0.2, 0.25) is 0 Å². The number of nitrogens with zero attached hydrogens (tertiary/aromatic N) is 3. The van der Waals surface area contributed by atoms with Gasteiger partial charge in [0.1, 0.15) is 6.67 Å². The van der Waals surface area contributed by atoms with E-state index in [0.29, 0.717) is 0 Å². The highest BCUT2D eigenvalue weighted by atomic mass is 15.3. The molecule has 0 atom stereocenters. The first-order chi connectivity index (χ1) is 8.25. The summed E-state index contributed by atoms with van der Waals surface area (Å²) in [5, 5.41) is 0. The fourth-order valence-electron chi connectivity index (χ4n) is 2.20. The van der Waals surface area contributed by atoms with Crippen LogP contribution >= 0.6 is 0 Å². The van der Waals surface area contributed by atoms with E-state index in [4.69, 9.17) is 0 Å². The van der Waals surface area contributed by atoms with Crippen LogP contribution in [0.4, 0.5) is 11.4 Å². The molecule has 1 aliphatic heterocycles. The zero-order chi connectivity index (χ0) is 11.8. The molecule has 0 N–H and O–H groups in total. The summed E-state index contributed by atoms with van der Waals surface area (Å²) in [5.41, 5.74) is 4.82. The molecule has 3 rings (SSSR count). The minimum Gasteiger partial charge on any atom is -0.349 e. The van der Waals surface area contributed by atoms with Gasteiger partial charge in [-0.25, -0.2) is 0 Å². The smallest absolute Gasteiger partial charge is 0.141 e. The lowest BCUT2D eigenvalue weighted by Crippen LogP contribution is -2.16. The van der Waals surface area contributed by atoms with Crippen LogP contribution in [0.15, 0.2) is 42.7 Å². The van der Waals surface area contributed by atoms with Gasteiger partial charge in [-0.15, -0.1) is 0 Å². The van der Waals surface area contributed by atoms with Gasteiger partial charge in [-0.2, -0.15) is 0 Å². The second-order valence-corrected chi connectivity index (χ2v) is 4.28. The maximum Gasteiger partial charge on any atom is 0.141 e. The van der Waals surface area contributed by atoms with Crippen LogP contribution in [0.5, 0.6) is 0 Å². The molecule has 2 heterocycles. The second-order valence-electron chi connectivity index (χ2n) is 4.28. The number of hydrogen-bond acceptors (Lipinski definition) is 3. The quantitative estimate of drug-likeness (QED) is 0.742. The van der Waals surface area contributed by atoms with Crippen LogP contribution in [0.1, 0.15) is 0 Å². The van der Waals surface area contributed by atoms with Crippen molar-refractivity contribution in [2.75, 3.05) is 23.9 Å². The standard InChI is InChI=1S/C14H14N3/c1-16-10-17(2)14-8-11(5-6-13(14)16)12-4-3-7-15-9-12/h3-10H,1-2H3. The SMILES string of the molecule is CN1[CH]N(C)c2cc(-c3cccnc3)ccc21. The van der Waals surface area contributed by atoms with Gasteiger partial charge in [0.25, 0.3) is 0 Å². The Labute approximate surface area is 101 Å². The van der Waals surface area contributed by atoms with Crippen molar-refractivity contribution in [3.8, 4) is 11.1 Å². The summed E-state index contributed by atoms with van der Waals surface area (Å²) in [6.07, 6.45) is 3.69. The lowest BCUT2D eigenvalue weighted by molar-refractivity contribution is 1.04. The van der Waals surface area contributed by atoms with Gasteiger partial charge in [-0.1, -0.05) is 12.1 Å². The lowest BCUT2D eigenvalue weighted by atomic mass is 10.1. The normalized spacial score (nSPS) is 14.0. The predicted molar refractivity (Wildman–Crippen MR) is 70.8 cm³/mol. The number of pyridine rings is 1. The van der Waals surface area contributed by atoms with Crippen molar-refractivity contribution in [1.29, 1.82) is 0 Å². The molecule has 0 fully saturated rings. The zero-order valence-electron chi connectivity index (χ0n) is 9.96. The van der Waals surface area contributed by atoms with Crippen molar-refractivity contribution in [1.82, 2.24) is 4.98 Å². The average Bonchev–Trinajstić information content (AvgIpc) is 2.66. The minimum absolute atomic E-state index is 1.15. The zero-order valence-corrected chi connectivity index (χ0v) is 9.96. The van der Waals surface area contributed by atoms with E-state index >= 15 is 0 Å². The molecule has 1 aromatic carbocycles. The highest BCUT2D eigenvalue weighted by molar-refractivity contribution is 5.83. The first-order valence-corrected chi connectivity index (χ1v) is 5.61. The summed E-state index contributed by atoms with van der Waals surface area (Å²) < 4.78 is 0. The number of benzene rings is 1. The molecule has 0 saturated carbocycles. The Morgan fingerprint density at radius 2 is 1.76 bits per heavy atom. The molecule has 3 heteroatoms. The summed E-state index contributed by atoms with van der Waals surface area (Å²) in [6.45, 7) is 2.08. The monoisotopic (exact) mass is 224 g/mol. The van der Waals surface area contributed by atoms with E-state index in [1.165, 1.54) is 16.9 Å². The molecule has 0 bridgehead atoms. The van der Waals surface area contributed by atoms with Gasteiger partial charge >= 0.3 is 0 Å². The molecule has 3 nitrogen and oxygen atoms in total. The largest absolute Gasteiger partial charge is 0.349 e. The van der Waals surface area contributed by atoms with E-state index in [1.807, 2.05) is 12.3 Å². The van der Waals surface area contributed by atoms with Crippen LogP contribution in [0.2, 0.25) is 0 Å². The van der Waals surface area contributed by atoms with Crippen molar-refractivity contribution in [2.24, 2.45) is 0 Å². The molecule has 0 saturated heterocycles. The first-order valence-electron chi connectivity index (χ1n) is 5.61. The Hall–Kier alpha value is -2.03. The maximum absolute atomic E-state index is 4.16. The second kappa shape index (κ2) is 3.77. The molecule has 85 valence electrons. The third kappa shape index (κ3) is 1.64. The van der Waals surface area contributed by atoms with E-state index < -0.39 is 0 Å². The van der Waals surface area contributed by atoms with Crippen LogP contribution < -0.4 is 9.80 Å². The van der Waals surface area contributed by atoms with Crippen molar-refractivity contribution in [3.63, 3.8) is 0 Å². The first kappa shape index (κ1) is 10.1. The van der Waals surface area contributed by atoms with Gasteiger partial charge < -0.3 is 9.80 Å². The molecule has 1 radical (unpaired) electrons. The van der Waals surface area contributed by atoms with Gasteiger partial charge in [0, 0.05) is 32.1 Å². The molecular weight excluding hydrogens is 210 g/mol. The van der Waals surface area contributed by atoms with Gasteiger partial charge in [0.15, 0.2) is 0 Å². The molecule has 1 aliphatic rings. The van der Waals surface area contributed by atoms with E-state index in [2.05, 4.69) is 59.8 Å². The van der Waals surface area contributed by atoms with E-state index in [-0.39, 0.29) is 0 Å². The predicted octanol–water partition coefficient (Wildman–Crippen LogP) is 2.75. The molecule has 17 heavy (non-hydrogen) atoms. The molecule has 0 unspecified atom stereocenters. The van der Waals surface area contributed by atoms with Crippen LogP contribution in [0.3, 0.4) is 0 Å². The number of hydrogen-bond donors (Lipinski definition) is 0. The molecule has 0 spiro atoms. The van der Waals surface area contributed by atoms with Crippen molar-refractivity contribution >= 4 is 11.4 Å². The average molecular weight is 224 g/mol. The van der Waals surface area contributed by atoms with E-state index in [0.717, 1.165) is 5.56 Å².